The van der Waals surface area contributed by atoms with E-state index in [1.807, 2.05) is 36.4 Å². The summed E-state index contributed by atoms with van der Waals surface area (Å²) < 4.78 is 18.4. The Balaban J connectivity index is 1.33. The molecule has 1 atom stereocenters. The molecule has 3 aromatic carbocycles. The van der Waals surface area contributed by atoms with Gasteiger partial charge in [0.15, 0.2) is 0 Å². The van der Waals surface area contributed by atoms with Crippen LogP contribution in [-0.4, -0.2) is 47.1 Å². The molecule has 1 unspecified atom stereocenters. The van der Waals surface area contributed by atoms with Crippen molar-refractivity contribution in [3.8, 4) is 11.1 Å². The van der Waals surface area contributed by atoms with E-state index in [0.29, 0.717) is 23.8 Å². The van der Waals surface area contributed by atoms with E-state index >= 15 is 0 Å². The van der Waals surface area contributed by atoms with Crippen LogP contribution >= 0.6 is 0 Å². The number of allylic oxidation sites excluding steroid dienone is 1. The van der Waals surface area contributed by atoms with Crippen LogP contribution in [0.3, 0.4) is 0 Å². The third kappa shape index (κ3) is 6.09. The average Bonchev–Trinajstić information content (AvgIpc) is 3.09. The number of amides is 1. The highest BCUT2D eigenvalue weighted by Gasteiger charge is 2.23. The van der Waals surface area contributed by atoms with Crippen molar-refractivity contribution in [3.05, 3.63) is 89.5 Å². The van der Waals surface area contributed by atoms with Crippen LogP contribution < -0.4 is 5.32 Å². The number of fused-ring (bicyclic) bond motifs is 1. The molecular weight excluding hydrogens is 480 g/mol. The maximum atomic E-state index is 13.5. The second kappa shape index (κ2) is 11.5. The highest BCUT2D eigenvalue weighted by atomic mass is 32.2. The van der Waals surface area contributed by atoms with E-state index in [2.05, 4.69) is 60.6 Å². The molecule has 1 amide bonds. The second-order valence-electron chi connectivity index (χ2n) is 9.94. The van der Waals surface area contributed by atoms with E-state index in [1.165, 1.54) is 11.1 Å². The summed E-state index contributed by atoms with van der Waals surface area (Å²) in [7, 11) is 1.02. The van der Waals surface area contributed by atoms with Crippen LogP contribution in [0.5, 0.6) is 0 Å². The van der Waals surface area contributed by atoms with Crippen LogP contribution in [0, 0.1) is 6.92 Å². The Labute approximate surface area is 222 Å². The van der Waals surface area contributed by atoms with Crippen molar-refractivity contribution < 1.29 is 13.7 Å². The number of hydrogen-bond donors (Lipinski definition) is 1. The van der Waals surface area contributed by atoms with Gasteiger partial charge in [0.05, 0.1) is 10.8 Å². The van der Waals surface area contributed by atoms with Gasteiger partial charge in [0, 0.05) is 53.3 Å². The third-order valence-electron chi connectivity index (χ3n) is 7.25. The van der Waals surface area contributed by atoms with Gasteiger partial charge in [-0.2, -0.15) is 0 Å². The fourth-order valence-corrected chi connectivity index (χ4v) is 6.23. The number of carbonyl (C=O) groups is 1. The molecule has 3 aromatic rings. The molecule has 0 aromatic heterocycles. The van der Waals surface area contributed by atoms with Gasteiger partial charge in [0.1, 0.15) is 0 Å². The Bertz CT molecular complexity index is 1310. The Morgan fingerprint density at radius 3 is 2.43 bits per heavy atom. The molecule has 6 heteroatoms. The molecule has 0 saturated carbocycles. The van der Waals surface area contributed by atoms with E-state index in [0.717, 1.165) is 59.9 Å². The highest BCUT2D eigenvalue weighted by Crippen LogP contribution is 2.32. The fourth-order valence-electron chi connectivity index (χ4n) is 5.04. The van der Waals surface area contributed by atoms with Crippen molar-refractivity contribution in [2.75, 3.05) is 31.3 Å². The Kier molecular flexibility index (Phi) is 7.99. The Morgan fingerprint density at radius 2 is 1.70 bits per heavy atom. The molecule has 192 valence electrons. The number of nitrogens with one attached hydrogen (secondary N) is 1. The van der Waals surface area contributed by atoms with Crippen LogP contribution in [0.2, 0.25) is 0 Å². The minimum Gasteiger partial charge on any atom is -0.381 e. The van der Waals surface area contributed by atoms with E-state index in [-0.39, 0.29) is 5.91 Å². The standard InChI is InChI=1S/C31H34N2O3S/c1-22-5-9-24(10-6-22)25-11-14-30-29(20-25)28(4-3-19-37(30)35)31(34)32-26-12-7-23(8-13-26)21-33(2)27-15-17-36-18-16-27/h4-14,20,27H,3,15-19,21H2,1-2H3,(H,32,34). The molecule has 1 fully saturated rings. The van der Waals surface area contributed by atoms with E-state index in [9.17, 15) is 9.00 Å². The van der Waals surface area contributed by atoms with Gasteiger partial charge in [-0.15, -0.1) is 0 Å². The normalized spacial score (nSPS) is 18.1. The van der Waals surface area contributed by atoms with Crippen LogP contribution in [0.25, 0.3) is 16.7 Å². The van der Waals surface area contributed by atoms with Crippen molar-refractivity contribution in [1.82, 2.24) is 4.90 Å². The third-order valence-corrected chi connectivity index (χ3v) is 8.71. The number of benzene rings is 3. The van der Waals surface area contributed by atoms with Crippen molar-refractivity contribution in [3.63, 3.8) is 0 Å². The van der Waals surface area contributed by atoms with Gasteiger partial charge in [-0.05, 0) is 74.2 Å². The molecule has 0 bridgehead atoms. The Morgan fingerprint density at radius 1 is 1.00 bits per heavy atom. The lowest BCUT2D eigenvalue weighted by atomic mass is 9.97. The van der Waals surface area contributed by atoms with E-state index in [1.54, 1.807) is 0 Å². The zero-order chi connectivity index (χ0) is 25.8. The first-order valence-corrected chi connectivity index (χ1v) is 14.3. The summed E-state index contributed by atoms with van der Waals surface area (Å²) in [6.07, 6.45) is 4.66. The number of rotatable bonds is 6. The highest BCUT2D eigenvalue weighted by molar-refractivity contribution is 7.85. The first-order valence-electron chi connectivity index (χ1n) is 13.0. The van der Waals surface area contributed by atoms with Crippen molar-refractivity contribution >= 4 is 28.0 Å². The molecule has 5 nitrogen and oxygen atoms in total. The first-order chi connectivity index (χ1) is 18.0. The summed E-state index contributed by atoms with van der Waals surface area (Å²) in [6, 6.07) is 22.8. The summed E-state index contributed by atoms with van der Waals surface area (Å²) in [5.41, 5.74) is 6.58. The topological polar surface area (TPSA) is 58.6 Å². The quantitative estimate of drug-likeness (QED) is 0.451. The molecule has 1 N–H and O–H groups in total. The van der Waals surface area contributed by atoms with Crippen molar-refractivity contribution in [1.29, 1.82) is 0 Å². The van der Waals surface area contributed by atoms with E-state index in [4.69, 9.17) is 4.74 Å². The molecule has 5 rings (SSSR count). The molecular formula is C31H34N2O3S. The maximum absolute atomic E-state index is 13.5. The zero-order valence-corrected chi connectivity index (χ0v) is 22.4. The predicted octanol–water partition coefficient (Wildman–Crippen LogP) is 5.81. The molecule has 1 saturated heterocycles. The van der Waals surface area contributed by atoms with Crippen LogP contribution in [0.4, 0.5) is 5.69 Å². The number of anilines is 1. The maximum Gasteiger partial charge on any atom is 0.255 e. The molecule has 2 aliphatic heterocycles. The zero-order valence-electron chi connectivity index (χ0n) is 21.5. The van der Waals surface area contributed by atoms with Crippen LogP contribution in [-0.2, 0) is 26.9 Å². The lowest BCUT2D eigenvalue weighted by molar-refractivity contribution is -0.111. The van der Waals surface area contributed by atoms with Gasteiger partial charge in [-0.3, -0.25) is 13.9 Å². The number of aryl methyl sites for hydroxylation is 1. The van der Waals surface area contributed by atoms with Crippen molar-refractivity contribution in [2.24, 2.45) is 0 Å². The number of carbonyl (C=O) groups excluding carboxylic acids is 1. The predicted molar refractivity (Wildman–Crippen MR) is 151 cm³/mol. The fraction of sp³-hybridized carbons (Fsp3) is 0.323. The summed E-state index contributed by atoms with van der Waals surface area (Å²) in [5, 5.41) is 3.07. The van der Waals surface area contributed by atoms with Gasteiger partial charge in [-0.1, -0.05) is 54.1 Å². The molecule has 0 aliphatic carbocycles. The first kappa shape index (κ1) is 25.6. The van der Waals surface area contributed by atoms with E-state index < -0.39 is 10.8 Å². The number of ether oxygens (including phenoxy) is 1. The average molecular weight is 515 g/mol. The lowest BCUT2D eigenvalue weighted by Gasteiger charge is -2.31. The van der Waals surface area contributed by atoms with Gasteiger partial charge >= 0.3 is 0 Å². The SMILES string of the molecule is Cc1ccc(-c2ccc3c(c2)C(C(=O)Nc2ccc(CN(C)C4CCOCC4)cc2)=CCCS3=O)cc1. The van der Waals surface area contributed by atoms with Gasteiger partial charge < -0.3 is 10.1 Å². The number of hydrogen-bond acceptors (Lipinski definition) is 4. The Hall–Kier alpha value is -3.06. The number of nitrogens with zero attached hydrogens (tertiary/aromatic N) is 1. The van der Waals surface area contributed by atoms with Gasteiger partial charge in [0.2, 0.25) is 0 Å². The molecule has 2 heterocycles. The summed E-state index contributed by atoms with van der Waals surface area (Å²) in [6.45, 7) is 4.59. The van der Waals surface area contributed by atoms with Crippen LogP contribution in [0.15, 0.2) is 77.7 Å². The molecule has 2 aliphatic rings. The van der Waals surface area contributed by atoms with Gasteiger partial charge in [0.25, 0.3) is 5.91 Å². The summed E-state index contributed by atoms with van der Waals surface area (Å²) >= 11 is 0. The largest absolute Gasteiger partial charge is 0.381 e. The lowest BCUT2D eigenvalue weighted by Crippen LogP contribution is -2.36. The molecule has 37 heavy (non-hydrogen) atoms. The minimum absolute atomic E-state index is 0.173. The summed E-state index contributed by atoms with van der Waals surface area (Å²) in [5.74, 6) is 0.344. The van der Waals surface area contributed by atoms with Crippen LogP contribution in [0.1, 0.15) is 36.0 Å². The van der Waals surface area contributed by atoms with Crippen molar-refractivity contribution in [2.45, 2.75) is 43.7 Å². The minimum atomic E-state index is -1.14. The van der Waals surface area contributed by atoms with Gasteiger partial charge in [-0.25, -0.2) is 0 Å². The molecule has 0 spiro atoms. The molecule has 0 radical (unpaired) electrons. The monoisotopic (exact) mass is 514 g/mol. The smallest absolute Gasteiger partial charge is 0.255 e. The second-order valence-corrected chi connectivity index (χ2v) is 11.5. The summed E-state index contributed by atoms with van der Waals surface area (Å²) in [4.78, 5) is 16.6.